The molecule has 1 heterocycles. The summed E-state index contributed by atoms with van der Waals surface area (Å²) in [6.45, 7) is 2.97. The minimum atomic E-state index is -0.515. The molecule has 142 valence electrons. The Morgan fingerprint density at radius 3 is 2.63 bits per heavy atom. The van der Waals surface area contributed by atoms with Crippen LogP contribution < -0.4 is 9.47 Å². The highest BCUT2D eigenvalue weighted by atomic mass is 16.6. The van der Waals surface area contributed by atoms with Crippen molar-refractivity contribution in [1.82, 2.24) is 4.90 Å². The largest absolute Gasteiger partial charge is 0.494 e. The number of nitrogens with zero attached hydrogens (tertiary/aromatic N) is 2. The van der Waals surface area contributed by atoms with Gasteiger partial charge in [-0.3, -0.25) is 14.9 Å². The molecule has 27 heavy (non-hydrogen) atoms. The second kappa shape index (κ2) is 8.53. The van der Waals surface area contributed by atoms with Gasteiger partial charge < -0.3 is 14.4 Å². The zero-order valence-corrected chi connectivity index (χ0v) is 15.2. The molecule has 1 atom stereocenters. The van der Waals surface area contributed by atoms with E-state index in [9.17, 15) is 14.9 Å². The van der Waals surface area contributed by atoms with Crippen molar-refractivity contribution in [3.63, 3.8) is 0 Å². The Morgan fingerprint density at radius 1 is 1.19 bits per heavy atom. The van der Waals surface area contributed by atoms with Crippen molar-refractivity contribution in [2.24, 2.45) is 0 Å². The second-order valence-corrected chi connectivity index (χ2v) is 6.26. The summed E-state index contributed by atoms with van der Waals surface area (Å²) in [5.74, 6) is 0.731. The lowest BCUT2D eigenvalue weighted by Crippen LogP contribution is -2.34. The number of rotatable bonds is 7. The quantitative estimate of drug-likeness (QED) is 0.548. The van der Waals surface area contributed by atoms with E-state index in [1.807, 2.05) is 31.2 Å². The van der Waals surface area contributed by atoms with Crippen LogP contribution in [0.5, 0.6) is 11.5 Å². The van der Waals surface area contributed by atoms with E-state index in [1.165, 1.54) is 12.1 Å². The van der Waals surface area contributed by atoms with E-state index >= 15 is 0 Å². The molecule has 7 nitrogen and oxygen atoms in total. The number of hydrogen-bond acceptors (Lipinski definition) is 5. The van der Waals surface area contributed by atoms with E-state index in [-0.39, 0.29) is 30.0 Å². The summed E-state index contributed by atoms with van der Waals surface area (Å²) in [5.41, 5.74) is 0.907. The highest BCUT2D eigenvalue weighted by Gasteiger charge is 2.30. The molecule has 2 aromatic carbocycles. The summed E-state index contributed by atoms with van der Waals surface area (Å²) in [4.78, 5) is 25.0. The zero-order chi connectivity index (χ0) is 19.2. The van der Waals surface area contributed by atoms with Crippen molar-refractivity contribution in [1.29, 1.82) is 0 Å². The van der Waals surface area contributed by atoms with Crippen LogP contribution in [0.3, 0.4) is 0 Å². The topological polar surface area (TPSA) is 81.9 Å². The maximum absolute atomic E-state index is 12.7. The summed E-state index contributed by atoms with van der Waals surface area (Å²) in [7, 11) is 0. The lowest BCUT2D eigenvalue weighted by molar-refractivity contribution is -0.385. The Morgan fingerprint density at radius 2 is 1.93 bits per heavy atom. The average Bonchev–Trinajstić information content (AvgIpc) is 3.17. The molecule has 0 radical (unpaired) electrons. The molecule has 1 amide bonds. The SMILES string of the molecule is CCOc1ccc(C2CCCN2C(=O)COc2ccccc2[N+](=O)[O-])cc1. The fraction of sp³-hybridized carbons (Fsp3) is 0.350. The van der Waals surface area contributed by atoms with Gasteiger partial charge in [-0.1, -0.05) is 24.3 Å². The number of para-hydroxylation sites is 2. The van der Waals surface area contributed by atoms with E-state index in [0.717, 1.165) is 24.2 Å². The number of benzene rings is 2. The number of nitro groups is 1. The summed E-state index contributed by atoms with van der Waals surface area (Å²) in [5, 5.41) is 11.1. The Balaban J connectivity index is 1.66. The maximum atomic E-state index is 12.7. The first-order chi connectivity index (χ1) is 13.1. The molecule has 7 heteroatoms. The predicted octanol–water partition coefficient (Wildman–Crippen LogP) is 3.74. The summed E-state index contributed by atoms with van der Waals surface area (Å²) >= 11 is 0. The molecule has 0 aromatic heterocycles. The summed E-state index contributed by atoms with van der Waals surface area (Å²) < 4.78 is 10.9. The van der Waals surface area contributed by atoms with Gasteiger partial charge in [-0.05, 0) is 43.5 Å². The zero-order valence-electron chi connectivity index (χ0n) is 15.2. The third-order valence-corrected chi connectivity index (χ3v) is 4.56. The number of nitro benzene ring substituents is 1. The molecule has 0 saturated carbocycles. The van der Waals surface area contributed by atoms with Crippen LogP contribution in [0.15, 0.2) is 48.5 Å². The van der Waals surface area contributed by atoms with Gasteiger partial charge in [-0.2, -0.15) is 0 Å². The molecule has 0 N–H and O–H groups in total. The van der Waals surface area contributed by atoms with Gasteiger partial charge in [0.05, 0.1) is 17.6 Å². The predicted molar refractivity (Wildman–Crippen MR) is 99.9 cm³/mol. The second-order valence-electron chi connectivity index (χ2n) is 6.26. The maximum Gasteiger partial charge on any atom is 0.310 e. The number of ether oxygens (including phenoxy) is 2. The minimum Gasteiger partial charge on any atom is -0.494 e. The monoisotopic (exact) mass is 370 g/mol. The van der Waals surface area contributed by atoms with E-state index in [4.69, 9.17) is 9.47 Å². The van der Waals surface area contributed by atoms with Gasteiger partial charge in [-0.15, -0.1) is 0 Å². The number of hydrogen-bond donors (Lipinski definition) is 0. The Kier molecular flexibility index (Phi) is 5.90. The van der Waals surface area contributed by atoms with Gasteiger partial charge in [0, 0.05) is 12.6 Å². The van der Waals surface area contributed by atoms with Crippen LogP contribution in [0.25, 0.3) is 0 Å². The molecule has 2 aromatic rings. The first kappa shape index (κ1) is 18.7. The highest BCUT2D eigenvalue weighted by molar-refractivity contribution is 5.78. The molecule has 0 aliphatic carbocycles. The minimum absolute atomic E-state index is 0.0115. The van der Waals surface area contributed by atoms with Crippen LogP contribution in [-0.4, -0.2) is 35.5 Å². The molecular formula is C20H22N2O5. The number of carbonyl (C=O) groups excluding carboxylic acids is 1. The van der Waals surface area contributed by atoms with E-state index in [1.54, 1.807) is 17.0 Å². The number of carbonyl (C=O) groups is 1. The lowest BCUT2D eigenvalue weighted by Gasteiger charge is -2.25. The fourth-order valence-electron chi connectivity index (χ4n) is 3.32. The van der Waals surface area contributed by atoms with Crippen molar-refractivity contribution in [3.05, 3.63) is 64.2 Å². The van der Waals surface area contributed by atoms with Crippen LogP contribution >= 0.6 is 0 Å². The first-order valence-electron chi connectivity index (χ1n) is 8.98. The van der Waals surface area contributed by atoms with Gasteiger partial charge >= 0.3 is 5.69 Å². The average molecular weight is 370 g/mol. The molecule has 1 unspecified atom stereocenters. The van der Waals surface area contributed by atoms with Crippen LogP contribution in [0.1, 0.15) is 31.4 Å². The fourth-order valence-corrected chi connectivity index (χ4v) is 3.32. The number of likely N-dealkylation sites (tertiary alicyclic amines) is 1. The molecule has 0 spiro atoms. The third kappa shape index (κ3) is 4.36. The van der Waals surface area contributed by atoms with Crippen molar-refractivity contribution in [3.8, 4) is 11.5 Å². The van der Waals surface area contributed by atoms with Crippen molar-refractivity contribution in [2.75, 3.05) is 19.8 Å². The van der Waals surface area contributed by atoms with E-state index < -0.39 is 4.92 Å². The Hall–Kier alpha value is -3.09. The third-order valence-electron chi connectivity index (χ3n) is 4.56. The molecule has 1 aliphatic rings. The smallest absolute Gasteiger partial charge is 0.310 e. The van der Waals surface area contributed by atoms with E-state index in [2.05, 4.69) is 0 Å². The summed E-state index contributed by atoms with van der Waals surface area (Å²) in [6, 6.07) is 13.8. The Bertz CT molecular complexity index is 806. The van der Waals surface area contributed by atoms with Crippen LogP contribution in [0.2, 0.25) is 0 Å². The molecular weight excluding hydrogens is 348 g/mol. The van der Waals surface area contributed by atoms with Gasteiger partial charge in [0.2, 0.25) is 0 Å². The highest BCUT2D eigenvalue weighted by Crippen LogP contribution is 2.33. The molecule has 1 saturated heterocycles. The van der Waals surface area contributed by atoms with Crippen molar-refractivity contribution < 1.29 is 19.2 Å². The molecule has 1 aliphatic heterocycles. The molecule has 1 fully saturated rings. The van der Waals surface area contributed by atoms with Crippen molar-refractivity contribution >= 4 is 11.6 Å². The summed E-state index contributed by atoms with van der Waals surface area (Å²) in [6.07, 6.45) is 1.79. The lowest BCUT2D eigenvalue weighted by atomic mass is 10.0. The Labute approximate surface area is 157 Å². The van der Waals surface area contributed by atoms with Gasteiger partial charge in [-0.25, -0.2) is 0 Å². The van der Waals surface area contributed by atoms with Crippen molar-refractivity contribution in [2.45, 2.75) is 25.8 Å². The van der Waals surface area contributed by atoms with Crippen LogP contribution in [-0.2, 0) is 4.79 Å². The standard InChI is InChI=1S/C20H22N2O5/c1-2-26-16-11-9-15(10-12-16)17-7-5-13-21(17)20(23)14-27-19-8-4-3-6-18(19)22(24)25/h3-4,6,8-12,17H,2,5,7,13-14H2,1H3. The molecule has 3 rings (SSSR count). The van der Waals surface area contributed by atoms with E-state index in [0.29, 0.717) is 13.2 Å². The van der Waals surface area contributed by atoms with Gasteiger partial charge in [0.1, 0.15) is 5.75 Å². The van der Waals surface area contributed by atoms with Gasteiger partial charge in [0.15, 0.2) is 12.4 Å². The van der Waals surface area contributed by atoms with Crippen LogP contribution in [0.4, 0.5) is 5.69 Å². The normalized spacial score (nSPS) is 16.2. The molecule has 0 bridgehead atoms. The first-order valence-corrected chi connectivity index (χ1v) is 8.98. The number of amides is 1. The van der Waals surface area contributed by atoms with Gasteiger partial charge in [0.25, 0.3) is 5.91 Å². The van der Waals surface area contributed by atoms with Crippen LogP contribution in [0, 0.1) is 10.1 Å².